The molecule has 0 N–H and O–H groups in total. The molecule has 2 atom stereocenters. The summed E-state index contributed by atoms with van der Waals surface area (Å²) in [5.41, 5.74) is 4.98. The van der Waals surface area contributed by atoms with E-state index in [0.29, 0.717) is 6.61 Å². The maximum Gasteiger partial charge on any atom is 0.225 e. The Hall–Kier alpha value is -2.87. The second-order valence-corrected chi connectivity index (χ2v) is 7.15. The van der Waals surface area contributed by atoms with Gasteiger partial charge < -0.3 is 9.64 Å². The first-order valence-electron chi connectivity index (χ1n) is 9.22. The number of hydrogen-bond donors (Lipinski definition) is 0. The van der Waals surface area contributed by atoms with Crippen molar-refractivity contribution in [1.82, 2.24) is 29.9 Å². The Morgan fingerprint density at radius 3 is 2.96 bits per heavy atom. The predicted molar refractivity (Wildman–Crippen MR) is 99.2 cm³/mol. The normalized spacial score (nSPS) is 21.6. The van der Waals surface area contributed by atoms with Crippen molar-refractivity contribution >= 4 is 5.95 Å². The third kappa shape index (κ3) is 2.86. The lowest BCUT2D eigenvalue weighted by Crippen LogP contribution is -2.49. The van der Waals surface area contributed by atoms with Gasteiger partial charge in [-0.3, -0.25) is 4.98 Å². The molecular formula is C19H21N7O. The average Bonchev–Trinajstić information content (AvgIpc) is 3.17. The van der Waals surface area contributed by atoms with Crippen LogP contribution in [-0.4, -0.2) is 49.1 Å². The Balaban J connectivity index is 1.40. The van der Waals surface area contributed by atoms with Crippen LogP contribution in [0.4, 0.5) is 5.95 Å². The largest absolute Gasteiger partial charge is 0.368 e. The molecule has 0 spiro atoms. The number of nitrogens with zero attached hydrogens (tertiary/aromatic N) is 7. The van der Waals surface area contributed by atoms with Gasteiger partial charge in [0, 0.05) is 36.2 Å². The van der Waals surface area contributed by atoms with Crippen LogP contribution < -0.4 is 4.90 Å². The van der Waals surface area contributed by atoms with E-state index in [1.165, 1.54) is 0 Å². The number of aromatic nitrogens is 6. The number of piperidine rings is 1. The highest BCUT2D eigenvalue weighted by Gasteiger charge is 2.37. The van der Waals surface area contributed by atoms with Crippen LogP contribution in [0, 0.1) is 13.8 Å². The Morgan fingerprint density at radius 1 is 1.15 bits per heavy atom. The molecule has 2 aliphatic heterocycles. The van der Waals surface area contributed by atoms with Crippen LogP contribution in [0.15, 0.2) is 30.6 Å². The fourth-order valence-electron chi connectivity index (χ4n) is 3.98. The first kappa shape index (κ1) is 16.3. The van der Waals surface area contributed by atoms with Gasteiger partial charge in [-0.2, -0.15) is 0 Å². The third-order valence-corrected chi connectivity index (χ3v) is 5.36. The van der Waals surface area contributed by atoms with Crippen molar-refractivity contribution < 1.29 is 4.74 Å². The van der Waals surface area contributed by atoms with Crippen molar-refractivity contribution in [3.63, 3.8) is 0 Å². The van der Waals surface area contributed by atoms with Crippen LogP contribution in [0.25, 0.3) is 11.3 Å². The zero-order valence-electron chi connectivity index (χ0n) is 15.4. The fourth-order valence-corrected chi connectivity index (χ4v) is 3.98. The Bertz CT molecular complexity index is 986. The topological polar surface area (TPSA) is 81.9 Å². The van der Waals surface area contributed by atoms with Gasteiger partial charge in [0.25, 0.3) is 0 Å². The fraction of sp³-hybridized carbons (Fsp3) is 0.421. The molecule has 1 fully saturated rings. The number of fused-ring (bicyclic) bond motifs is 3. The molecular weight excluding hydrogens is 342 g/mol. The minimum absolute atomic E-state index is 0.0722. The summed E-state index contributed by atoms with van der Waals surface area (Å²) in [5, 5.41) is 8.26. The van der Waals surface area contributed by atoms with Crippen LogP contribution >= 0.6 is 0 Å². The lowest BCUT2D eigenvalue weighted by Gasteiger charge is -2.40. The maximum atomic E-state index is 6.06. The summed E-state index contributed by atoms with van der Waals surface area (Å²) in [7, 11) is 0. The highest BCUT2D eigenvalue weighted by molar-refractivity contribution is 5.62. The summed E-state index contributed by atoms with van der Waals surface area (Å²) in [6, 6.07) is 6.27. The molecule has 0 bridgehead atoms. The Morgan fingerprint density at radius 2 is 2.07 bits per heavy atom. The molecule has 8 heteroatoms. The van der Waals surface area contributed by atoms with Gasteiger partial charge in [-0.15, -0.1) is 5.10 Å². The van der Waals surface area contributed by atoms with E-state index in [1.54, 1.807) is 6.20 Å². The molecule has 0 amide bonds. The van der Waals surface area contributed by atoms with E-state index < -0.39 is 0 Å². The van der Waals surface area contributed by atoms with Gasteiger partial charge in [0.1, 0.15) is 0 Å². The molecule has 0 aromatic carbocycles. The van der Waals surface area contributed by atoms with E-state index in [9.17, 15) is 0 Å². The Labute approximate surface area is 157 Å². The molecule has 1 saturated heterocycles. The molecule has 27 heavy (non-hydrogen) atoms. The second-order valence-electron chi connectivity index (χ2n) is 7.15. The van der Waals surface area contributed by atoms with Crippen molar-refractivity contribution in [1.29, 1.82) is 0 Å². The van der Waals surface area contributed by atoms with Gasteiger partial charge in [0.2, 0.25) is 5.95 Å². The second kappa shape index (κ2) is 6.38. The van der Waals surface area contributed by atoms with E-state index in [4.69, 9.17) is 9.72 Å². The molecule has 3 aromatic rings. The smallest absolute Gasteiger partial charge is 0.225 e. The SMILES string of the molecule is Cc1ccc(-c2ccnc(N3CC[C@H]4[C@H](C3)OCc3cnnn34)n2)c(C)n1. The van der Waals surface area contributed by atoms with Crippen LogP contribution in [0.3, 0.4) is 0 Å². The van der Waals surface area contributed by atoms with E-state index >= 15 is 0 Å². The molecule has 5 heterocycles. The van der Waals surface area contributed by atoms with Crippen molar-refractivity contribution in [2.75, 3.05) is 18.0 Å². The van der Waals surface area contributed by atoms with Crippen molar-refractivity contribution in [2.24, 2.45) is 0 Å². The minimum atomic E-state index is 0.0722. The Kier molecular flexibility index (Phi) is 3.86. The van der Waals surface area contributed by atoms with E-state index in [1.807, 2.05) is 36.9 Å². The highest BCUT2D eigenvalue weighted by atomic mass is 16.5. The zero-order valence-corrected chi connectivity index (χ0v) is 15.4. The number of pyridine rings is 1. The maximum absolute atomic E-state index is 6.06. The first-order valence-corrected chi connectivity index (χ1v) is 9.22. The summed E-state index contributed by atoms with van der Waals surface area (Å²) in [6.07, 6.45) is 4.61. The number of rotatable bonds is 2. The molecule has 0 aliphatic carbocycles. The molecule has 3 aromatic heterocycles. The van der Waals surface area contributed by atoms with Crippen LogP contribution in [0.1, 0.15) is 29.5 Å². The summed E-state index contributed by atoms with van der Waals surface area (Å²) in [5.74, 6) is 0.735. The van der Waals surface area contributed by atoms with Crippen molar-refractivity contribution in [3.8, 4) is 11.3 Å². The third-order valence-electron chi connectivity index (χ3n) is 5.36. The monoisotopic (exact) mass is 363 g/mol. The highest BCUT2D eigenvalue weighted by Crippen LogP contribution is 2.32. The number of anilines is 1. The summed E-state index contributed by atoms with van der Waals surface area (Å²) >= 11 is 0. The average molecular weight is 363 g/mol. The lowest BCUT2D eigenvalue weighted by atomic mass is 10.0. The minimum Gasteiger partial charge on any atom is -0.368 e. The van der Waals surface area contributed by atoms with Gasteiger partial charge in [0.15, 0.2) is 0 Å². The molecule has 0 radical (unpaired) electrons. The van der Waals surface area contributed by atoms with Crippen molar-refractivity contribution in [2.45, 2.75) is 39.0 Å². The zero-order chi connectivity index (χ0) is 18.4. The summed E-state index contributed by atoms with van der Waals surface area (Å²) < 4.78 is 8.08. The van der Waals surface area contributed by atoms with Crippen LogP contribution in [-0.2, 0) is 11.3 Å². The summed E-state index contributed by atoms with van der Waals surface area (Å²) in [4.78, 5) is 16.1. The molecule has 2 aliphatic rings. The van der Waals surface area contributed by atoms with Gasteiger partial charge in [-0.1, -0.05) is 5.21 Å². The molecule has 0 unspecified atom stereocenters. The van der Waals surface area contributed by atoms with Gasteiger partial charge >= 0.3 is 0 Å². The molecule has 138 valence electrons. The quantitative estimate of drug-likeness (QED) is 0.689. The van der Waals surface area contributed by atoms with Gasteiger partial charge in [-0.25, -0.2) is 14.6 Å². The lowest BCUT2D eigenvalue weighted by molar-refractivity contribution is -0.0336. The molecule has 8 nitrogen and oxygen atoms in total. The van der Waals surface area contributed by atoms with Crippen LogP contribution in [0.2, 0.25) is 0 Å². The number of aryl methyl sites for hydroxylation is 2. The molecule has 0 saturated carbocycles. The molecule has 5 rings (SSSR count). The first-order chi connectivity index (χ1) is 13.2. The number of hydrogen-bond acceptors (Lipinski definition) is 7. The van der Waals surface area contributed by atoms with E-state index in [2.05, 4.69) is 31.2 Å². The van der Waals surface area contributed by atoms with Crippen LogP contribution in [0.5, 0.6) is 0 Å². The predicted octanol–water partition coefficient (Wildman–Crippen LogP) is 2.10. The summed E-state index contributed by atoms with van der Waals surface area (Å²) in [6.45, 7) is 6.17. The van der Waals surface area contributed by atoms with E-state index in [0.717, 1.165) is 53.8 Å². The van der Waals surface area contributed by atoms with E-state index in [-0.39, 0.29) is 12.1 Å². The van der Waals surface area contributed by atoms with Gasteiger partial charge in [0.05, 0.1) is 36.3 Å². The van der Waals surface area contributed by atoms with Crippen molar-refractivity contribution in [3.05, 3.63) is 47.7 Å². The van der Waals surface area contributed by atoms with Gasteiger partial charge in [-0.05, 0) is 38.5 Å². The standard InChI is InChI=1S/C19H21N7O/c1-12-3-4-15(13(2)22-12)16-5-7-20-19(23-16)25-8-6-17-18(10-25)27-11-14-9-21-24-26(14)17/h3-5,7,9,17-18H,6,8,10-11H2,1-2H3/t17-,18-/m0/s1. The number of ether oxygens (including phenoxy) is 1.